The summed E-state index contributed by atoms with van der Waals surface area (Å²) < 4.78 is 0. The first-order chi connectivity index (χ1) is 13.0. The number of fused-ring (bicyclic) bond motifs is 1. The highest BCUT2D eigenvalue weighted by atomic mass is 16.2. The van der Waals surface area contributed by atoms with Gasteiger partial charge in [-0.3, -0.25) is 9.59 Å². The topological polar surface area (TPSA) is 110 Å². The van der Waals surface area contributed by atoms with Crippen LogP contribution in [-0.4, -0.2) is 35.4 Å². The SMILES string of the molecule is CCCc1c(C2(C(=O)NCC)CCC2)ccc2nc(N)nc(C(=O)NC)c12. The summed E-state index contributed by atoms with van der Waals surface area (Å²) in [7, 11) is 1.57. The Morgan fingerprint density at radius 2 is 1.96 bits per heavy atom. The number of amides is 2. The fraction of sp³-hybridized carbons (Fsp3) is 0.500. The molecule has 3 rings (SSSR count). The van der Waals surface area contributed by atoms with E-state index < -0.39 is 5.41 Å². The number of nitrogens with two attached hydrogens (primary N) is 1. The predicted molar refractivity (Wildman–Crippen MR) is 106 cm³/mol. The predicted octanol–water partition coefficient (Wildman–Crippen LogP) is 2.08. The van der Waals surface area contributed by atoms with E-state index in [9.17, 15) is 9.59 Å². The smallest absolute Gasteiger partial charge is 0.270 e. The Hall–Kier alpha value is -2.70. The molecule has 0 unspecified atom stereocenters. The van der Waals surface area contributed by atoms with Crippen molar-refractivity contribution in [1.29, 1.82) is 0 Å². The zero-order valence-electron chi connectivity index (χ0n) is 16.2. The molecule has 0 atom stereocenters. The third kappa shape index (κ3) is 3.11. The van der Waals surface area contributed by atoms with E-state index in [0.717, 1.165) is 43.2 Å². The van der Waals surface area contributed by atoms with Crippen molar-refractivity contribution in [2.45, 2.75) is 51.4 Å². The van der Waals surface area contributed by atoms with Crippen molar-refractivity contribution in [2.24, 2.45) is 0 Å². The fourth-order valence-electron chi connectivity index (χ4n) is 4.03. The monoisotopic (exact) mass is 369 g/mol. The van der Waals surface area contributed by atoms with Gasteiger partial charge in [0.05, 0.1) is 10.9 Å². The highest BCUT2D eigenvalue weighted by Gasteiger charge is 2.46. The van der Waals surface area contributed by atoms with E-state index >= 15 is 0 Å². The molecule has 2 aromatic rings. The maximum Gasteiger partial charge on any atom is 0.270 e. The van der Waals surface area contributed by atoms with Gasteiger partial charge in [-0.25, -0.2) is 9.97 Å². The average molecular weight is 369 g/mol. The summed E-state index contributed by atoms with van der Waals surface area (Å²) in [5.41, 5.74) is 8.18. The number of aromatic nitrogens is 2. The van der Waals surface area contributed by atoms with Crippen LogP contribution in [0.15, 0.2) is 12.1 Å². The second-order valence-electron chi connectivity index (χ2n) is 7.04. The number of carbonyl (C=O) groups is 2. The molecule has 0 bridgehead atoms. The minimum absolute atomic E-state index is 0.0609. The third-order valence-corrected chi connectivity index (χ3v) is 5.43. The van der Waals surface area contributed by atoms with Gasteiger partial charge in [0.15, 0.2) is 0 Å². The van der Waals surface area contributed by atoms with Crippen LogP contribution in [-0.2, 0) is 16.6 Å². The molecule has 4 N–H and O–H groups in total. The first-order valence-electron chi connectivity index (χ1n) is 9.58. The molecule has 1 fully saturated rings. The van der Waals surface area contributed by atoms with Crippen molar-refractivity contribution in [2.75, 3.05) is 19.3 Å². The summed E-state index contributed by atoms with van der Waals surface area (Å²) in [6.07, 6.45) is 4.26. The first kappa shape index (κ1) is 19.1. The van der Waals surface area contributed by atoms with E-state index in [4.69, 9.17) is 5.73 Å². The summed E-state index contributed by atoms with van der Waals surface area (Å²) in [5.74, 6) is -0.173. The van der Waals surface area contributed by atoms with Crippen molar-refractivity contribution in [3.05, 3.63) is 29.0 Å². The van der Waals surface area contributed by atoms with E-state index in [0.29, 0.717) is 17.4 Å². The molecule has 1 aromatic carbocycles. The lowest BCUT2D eigenvalue weighted by Crippen LogP contribution is -2.49. The van der Waals surface area contributed by atoms with Gasteiger partial charge in [-0.2, -0.15) is 0 Å². The minimum Gasteiger partial charge on any atom is -0.368 e. The highest BCUT2D eigenvalue weighted by Crippen LogP contribution is 2.47. The lowest BCUT2D eigenvalue weighted by molar-refractivity contribution is -0.129. The van der Waals surface area contributed by atoms with E-state index in [1.54, 1.807) is 7.05 Å². The number of nitrogens with one attached hydrogen (secondary N) is 2. The van der Waals surface area contributed by atoms with Gasteiger partial charge in [0.2, 0.25) is 11.9 Å². The van der Waals surface area contributed by atoms with Crippen LogP contribution in [0.2, 0.25) is 0 Å². The van der Waals surface area contributed by atoms with Crippen molar-refractivity contribution in [1.82, 2.24) is 20.6 Å². The lowest BCUT2D eigenvalue weighted by atomic mass is 9.62. The maximum absolute atomic E-state index is 12.9. The number of carbonyl (C=O) groups excluding carboxylic acids is 2. The molecule has 144 valence electrons. The van der Waals surface area contributed by atoms with Crippen molar-refractivity contribution in [3.63, 3.8) is 0 Å². The van der Waals surface area contributed by atoms with Crippen LogP contribution in [0.25, 0.3) is 10.9 Å². The number of nitrogens with zero attached hydrogens (tertiary/aromatic N) is 2. The molecule has 2 amide bonds. The van der Waals surface area contributed by atoms with E-state index in [1.165, 1.54) is 0 Å². The second kappa shape index (κ2) is 7.50. The summed E-state index contributed by atoms with van der Waals surface area (Å²) in [6, 6.07) is 3.84. The van der Waals surface area contributed by atoms with Gasteiger partial charge in [-0.15, -0.1) is 0 Å². The summed E-state index contributed by atoms with van der Waals surface area (Å²) >= 11 is 0. The molecule has 0 radical (unpaired) electrons. The molecule has 27 heavy (non-hydrogen) atoms. The third-order valence-electron chi connectivity index (χ3n) is 5.43. The van der Waals surface area contributed by atoms with Crippen LogP contribution in [0.3, 0.4) is 0 Å². The Labute approximate surface area is 159 Å². The van der Waals surface area contributed by atoms with Gasteiger partial charge >= 0.3 is 0 Å². The van der Waals surface area contributed by atoms with Gasteiger partial charge in [-0.1, -0.05) is 25.8 Å². The van der Waals surface area contributed by atoms with Crippen LogP contribution in [0.5, 0.6) is 0 Å². The number of benzene rings is 1. The van der Waals surface area contributed by atoms with E-state index in [-0.39, 0.29) is 23.5 Å². The van der Waals surface area contributed by atoms with Gasteiger partial charge in [0.1, 0.15) is 5.69 Å². The number of likely N-dealkylation sites (N-methyl/N-ethyl adjacent to an activating group) is 1. The van der Waals surface area contributed by atoms with Gasteiger partial charge < -0.3 is 16.4 Å². The average Bonchev–Trinajstić information content (AvgIpc) is 2.61. The van der Waals surface area contributed by atoms with Crippen LogP contribution in [0, 0.1) is 0 Å². The molecule has 1 saturated carbocycles. The summed E-state index contributed by atoms with van der Waals surface area (Å²) in [4.78, 5) is 34.0. The van der Waals surface area contributed by atoms with Crippen LogP contribution in [0.1, 0.15) is 61.1 Å². The molecule has 0 spiro atoms. The number of nitrogen functional groups attached to an aromatic ring is 1. The zero-order valence-corrected chi connectivity index (χ0v) is 16.2. The Morgan fingerprint density at radius 3 is 2.52 bits per heavy atom. The Balaban J connectivity index is 2.31. The standard InChI is InChI=1S/C20H27N5O2/c1-4-7-12-13(20(10-6-11-20)18(27)23-5-2)8-9-14-15(12)16(17(26)22-3)25-19(21)24-14/h8-9H,4-7,10-11H2,1-3H3,(H,22,26)(H,23,27)(H2,21,24,25). The van der Waals surface area contributed by atoms with Crippen molar-refractivity contribution in [3.8, 4) is 0 Å². The highest BCUT2D eigenvalue weighted by molar-refractivity contribution is 6.06. The Kier molecular flexibility index (Phi) is 5.30. The number of hydrogen-bond donors (Lipinski definition) is 3. The van der Waals surface area contributed by atoms with Gasteiger partial charge in [0.25, 0.3) is 5.91 Å². The minimum atomic E-state index is -0.532. The molecule has 1 aromatic heterocycles. The molecular formula is C20H27N5O2. The lowest BCUT2D eigenvalue weighted by Gasteiger charge is -2.42. The van der Waals surface area contributed by atoms with Crippen molar-refractivity contribution >= 4 is 28.7 Å². The van der Waals surface area contributed by atoms with Gasteiger partial charge in [0, 0.05) is 19.0 Å². The molecular weight excluding hydrogens is 342 g/mol. The molecule has 7 heteroatoms. The van der Waals surface area contributed by atoms with Crippen molar-refractivity contribution < 1.29 is 9.59 Å². The Morgan fingerprint density at radius 1 is 1.22 bits per heavy atom. The zero-order chi connectivity index (χ0) is 19.6. The van der Waals surface area contributed by atoms with Crippen LogP contribution < -0.4 is 16.4 Å². The van der Waals surface area contributed by atoms with Crippen LogP contribution >= 0.6 is 0 Å². The normalized spacial score (nSPS) is 15.2. The van der Waals surface area contributed by atoms with Gasteiger partial charge in [-0.05, 0) is 43.4 Å². The number of anilines is 1. The molecule has 0 saturated heterocycles. The molecule has 1 heterocycles. The second-order valence-corrected chi connectivity index (χ2v) is 7.04. The summed E-state index contributed by atoms with van der Waals surface area (Å²) in [6.45, 7) is 4.61. The number of rotatable bonds is 6. The van der Waals surface area contributed by atoms with Crippen LogP contribution in [0.4, 0.5) is 5.95 Å². The molecule has 1 aliphatic rings. The maximum atomic E-state index is 12.9. The first-order valence-corrected chi connectivity index (χ1v) is 9.58. The fourth-order valence-corrected chi connectivity index (χ4v) is 4.03. The molecule has 7 nitrogen and oxygen atoms in total. The largest absolute Gasteiger partial charge is 0.368 e. The quantitative estimate of drug-likeness (QED) is 0.722. The molecule has 0 aliphatic heterocycles. The summed E-state index contributed by atoms with van der Waals surface area (Å²) in [5, 5.41) is 6.33. The number of aryl methyl sites for hydroxylation is 1. The number of hydrogen-bond acceptors (Lipinski definition) is 5. The van der Waals surface area contributed by atoms with E-state index in [1.807, 2.05) is 19.1 Å². The Bertz CT molecular complexity index is 890. The van der Waals surface area contributed by atoms with E-state index in [2.05, 4.69) is 27.5 Å². The molecule has 1 aliphatic carbocycles.